The maximum Gasteiger partial charge on any atom is 0.393 e. The summed E-state index contributed by atoms with van der Waals surface area (Å²) in [6, 6.07) is -0.883. The Morgan fingerprint density at radius 2 is 1.84 bits per heavy atom. The Balaban J connectivity index is 2.44. The molecule has 110 valence electrons. The molecule has 1 aliphatic rings. The zero-order valence-electron chi connectivity index (χ0n) is 10.2. The highest BCUT2D eigenvalue weighted by atomic mass is 32.2. The first-order valence-corrected chi connectivity index (χ1v) is 7.12. The van der Waals surface area contributed by atoms with Gasteiger partial charge in [0.25, 0.3) is 0 Å². The molecule has 0 aromatic carbocycles. The number of carbonyl (C=O) groups excluding carboxylic acids is 1. The third-order valence-corrected chi connectivity index (χ3v) is 3.91. The van der Waals surface area contributed by atoms with Crippen molar-refractivity contribution in [3.05, 3.63) is 0 Å². The number of hydrogen-bond acceptors (Lipinski definition) is 3. The third-order valence-electron chi connectivity index (χ3n) is 2.99. The molecule has 0 saturated heterocycles. The van der Waals surface area contributed by atoms with Crippen molar-refractivity contribution in [3.8, 4) is 0 Å². The van der Waals surface area contributed by atoms with Crippen molar-refractivity contribution in [3.63, 3.8) is 0 Å². The fourth-order valence-electron chi connectivity index (χ4n) is 2.17. The van der Waals surface area contributed by atoms with Crippen LogP contribution in [0.4, 0.5) is 13.2 Å². The molecule has 2 unspecified atom stereocenters. The van der Waals surface area contributed by atoms with Crippen molar-refractivity contribution in [1.82, 2.24) is 5.32 Å². The lowest BCUT2D eigenvalue weighted by Gasteiger charge is -2.33. The number of rotatable bonds is 5. The van der Waals surface area contributed by atoms with Crippen molar-refractivity contribution in [1.29, 1.82) is 0 Å². The van der Waals surface area contributed by atoms with Crippen LogP contribution in [0, 0.1) is 5.92 Å². The summed E-state index contributed by atoms with van der Waals surface area (Å²) in [4.78, 5) is 21.7. The number of halogens is 3. The van der Waals surface area contributed by atoms with E-state index >= 15 is 0 Å². The van der Waals surface area contributed by atoms with Crippen LogP contribution >= 0.6 is 11.8 Å². The number of carboxylic acids is 1. The summed E-state index contributed by atoms with van der Waals surface area (Å²) >= 11 is 0.874. The number of nitrogens with one attached hydrogen (secondary N) is 1. The maximum atomic E-state index is 12.8. The number of amides is 1. The van der Waals surface area contributed by atoms with Gasteiger partial charge < -0.3 is 10.4 Å². The van der Waals surface area contributed by atoms with Gasteiger partial charge in [-0.3, -0.25) is 9.59 Å². The molecule has 4 nitrogen and oxygen atoms in total. The molecule has 0 spiro atoms. The molecular formula is C11H16F3NO3S. The van der Waals surface area contributed by atoms with Gasteiger partial charge in [0.05, 0.1) is 17.4 Å². The third kappa shape index (κ3) is 5.71. The van der Waals surface area contributed by atoms with Crippen LogP contribution in [0.5, 0.6) is 0 Å². The quantitative estimate of drug-likeness (QED) is 0.815. The molecule has 0 aromatic heterocycles. The van der Waals surface area contributed by atoms with Crippen LogP contribution in [0.2, 0.25) is 0 Å². The summed E-state index contributed by atoms with van der Waals surface area (Å²) in [5.41, 5.74) is 0. The van der Waals surface area contributed by atoms with E-state index in [2.05, 4.69) is 5.32 Å². The van der Waals surface area contributed by atoms with Crippen LogP contribution in [-0.4, -0.2) is 40.7 Å². The van der Waals surface area contributed by atoms with E-state index < -0.39 is 30.0 Å². The van der Waals surface area contributed by atoms with Crippen LogP contribution in [0.25, 0.3) is 0 Å². The molecule has 1 fully saturated rings. The molecule has 8 heteroatoms. The molecule has 1 amide bonds. The Labute approximate surface area is 113 Å². The Bertz CT molecular complexity index is 336. The zero-order chi connectivity index (χ0) is 14.5. The second-order valence-electron chi connectivity index (χ2n) is 4.49. The van der Waals surface area contributed by atoms with Gasteiger partial charge in [-0.15, -0.1) is 11.8 Å². The van der Waals surface area contributed by atoms with Crippen LogP contribution in [0.1, 0.15) is 25.7 Å². The monoisotopic (exact) mass is 299 g/mol. The Morgan fingerprint density at radius 1 is 1.21 bits per heavy atom. The molecule has 1 rings (SSSR count). The van der Waals surface area contributed by atoms with Crippen LogP contribution in [-0.2, 0) is 9.59 Å². The number of aliphatic carboxylic acids is 1. The maximum absolute atomic E-state index is 12.8. The second-order valence-corrected chi connectivity index (χ2v) is 5.48. The first kappa shape index (κ1) is 16.1. The lowest BCUT2D eigenvalue weighted by Crippen LogP contribution is -2.48. The molecular weight excluding hydrogens is 283 g/mol. The zero-order valence-corrected chi connectivity index (χ0v) is 11.0. The van der Waals surface area contributed by atoms with E-state index in [1.54, 1.807) is 0 Å². The van der Waals surface area contributed by atoms with Crippen molar-refractivity contribution in [2.24, 2.45) is 5.92 Å². The number of hydrogen-bond donors (Lipinski definition) is 2. The fourth-order valence-corrected chi connectivity index (χ4v) is 2.72. The molecule has 0 heterocycles. The molecule has 2 N–H and O–H groups in total. The predicted molar refractivity (Wildman–Crippen MR) is 64.9 cm³/mol. The summed E-state index contributed by atoms with van der Waals surface area (Å²) in [5.74, 6) is -3.44. The van der Waals surface area contributed by atoms with Gasteiger partial charge in [0.2, 0.25) is 5.91 Å². The summed E-state index contributed by atoms with van der Waals surface area (Å²) in [6.45, 7) is 0. The van der Waals surface area contributed by atoms with Gasteiger partial charge in [-0.2, -0.15) is 13.2 Å². The lowest BCUT2D eigenvalue weighted by molar-refractivity contribution is -0.189. The molecule has 19 heavy (non-hydrogen) atoms. The minimum Gasteiger partial charge on any atom is -0.481 e. The van der Waals surface area contributed by atoms with Crippen molar-refractivity contribution < 1.29 is 27.9 Å². The Morgan fingerprint density at radius 3 is 2.42 bits per heavy atom. The number of thioether (sulfide) groups is 1. The van der Waals surface area contributed by atoms with Gasteiger partial charge in [-0.05, 0) is 12.8 Å². The molecule has 0 aliphatic heterocycles. The minimum absolute atomic E-state index is 0.0384. The summed E-state index contributed by atoms with van der Waals surface area (Å²) in [6.07, 6.45) is -2.76. The summed E-state index contributed by atoms with van der Waals surface area (Å²) < 4.78 is 38.3. The number of carbonyl (C=O) groups is 2. The molecule has 2 atom stereocenters. The van der Waals surface area contributed by atoms with Gasteiger partial charge in [0, 0.05) is 6.04 Å². The standard InChI is InChI=1S/C11H16F3NO3S/c12-11(13,14)7-3-1-2-4-8(7)15-9(16)5-19-6-10(17)18/h7-8H,1-6H2,(H,15,16)(H,17,18). The number of carboxylic acid groups (broad SMARTS) is 1. The largest absolute Gasteiger partial charge is 0.481 e. The van der Waals surface area contributed by atoms with Crippen LogP contribution < -0.4 is 5.32 Å². The van der Waals surface area contributed by atoms with Crippen molar-refractivity contribution in [2.75, 3.05) is 11.5 Å². The highest BCUT2D eigenvalue weighted by Gasteiger charge is 2.45. The van der Waals surface area contributed by atoms with Gasteiger partial charge in [0.15, 0.2) is 0 Å². The van der Waals surface area contributed by atoms with Gasteiger partial charge in [-0.25, -0.2) is 0 Å². The smallest absolute Gasteiger partial charge is 0.393 e. The molecule has 0 radical (unpaired) electrons. The lowest BCUT2D eigenvalue weighted by atomic mass is 9.84. The van der Waals surface area contributed by atoms with Crippen molar-refractivity contribution >= 4 is 23.6 Å². The van der Waals surface area contributed by atoms with E-state index in [9.17, 15) is 22.8 Å². The second kappa shape index (κ2) is 7.02. The highest BCUT2D eigenvalue weighted by molar-refractivity contribution is 8.00. The molecule has 0 bridgehead atoms. The molecule has 1 saturated carbocycles. The van der Waals surface area contributed by atoms with Gasteiger partial charge in [0.1, 0.15) is 0 Å². The van der Waals surface area contributed by atoms with Gasteiger partial charge in [-0.1, -0.05) is 12.8 Å². The van der Waals surface area contributed by atoms with Gasteiger partial charge >= 0.3 is 12.1 Å². The summed E-state index contributed by atoms with van der Waals surface area (Å²) in [7, 11) is 0. The Kier molecular flexibility index (Phi) is 5.96. The van der Waals surface area contributed by atoms with E-state index in [4.69, 9.17) is 5.11 Å². The highest BCUT2D eigenvalue weighted by Crippen LogP contribution is 2.37. The van der Waals surface area contributed by atoms with E-state index in [0.717, 1.165) is 11.8 Å². The van der Waals surface area contributed by atoms with E-state index in [0.29, 0.717) is 19.3 Å². The van der Waals surface area contributed by atoms with Crippen molar-refractivity contribution in [2.45, 2.75) is 37.9 Å². The molecule has 1 aliphatic carbocycles. The van der Waals surface area contributed by atoms with E-state index in [1.165, 1.54) is 0 Å². The Hall–Kier alpha value is -0.920. The molecule has 0 aromatic rings. The fraction of sp³-hybridized carbons (Fsp3) is 0.818. The van der Waals surface area contributed by atoms with Crippen LogP contribution in [0.3, 0.4) is 0 Å². The number of alkyl halides is 3. The average molecular weight is 299 g/mol. The first-order valence-electron chi connectivity index (χ1n) is 5.96. The SMILES string of the molecule is O=C(O)CSCC(=O)NC1CCCCC1C(F)(F)F. The van der Waals surface area contributed by atoms with E-state index in [1.807, 2.05) is 0 Å². The van der Waals surface area contributed by atoms with E-state index in [-0.39, 0.29) is 17.9 Å². The van der Waals surface area contributed by atoms with Crippen LogP contribution in [0.15, 0.2) is 0 Å². The minimum atomic E-state index is -4.30. The predicted octanol–water partition coefficient (Wildman–Crippen LogP) is 2.04. The topological polar surface area (TPSA) is 66.4 Å². The summed E-state index contributed by atoms with van der Waals surface area (Å²) in [5, 5.41) is 10.8. The normalized spacial score (nSPS) is 23.9. The average Bonchev–Trinajstić information content (AvgIpc) is 2.27. The first-order chi connectivity index (χ1) is 8.80.